The van der Waals surface area contributed by atoms with Crippen molar-refractivity contribution in [3.63, 3.8) is 0 Å². The lowest BCUT2D eigenvalue weighted by Gasteiger charge is -2.25. The van der Waals surface area contributed by atoms with E-state index in [1.54, 1.807) is 9.80 Å². The van der Waals surface area contributed by atoms with E-state index in [2.05, 4.69) is 30.9 Å². The zero-order chi connectivity index (χ0) is 18.5. The smallest absolute Gasteiger partial charge is 0.234 e. The summed E-state index contributed by atoms with van der Waals surface area (Å²) >= 11 is 3.34. The molecular formula is C15H28BrN5O4. The molecule has 0 radical (unpaired) electrons. The lowest BCUT2D eigenvalue weighted by Crippen LogP contribution is -2.34. The fourth-order valence-electron chi connectivity index (χ4n) is 1.72. The Kier molecular flexibility index (Phi) is 11.6. The Morgan fingerprint density at radius 1 is 0.640 bits per heavy atom. The van der Waals surface area contributed by atoms with E-state index in [0.29, 0.717) is 70.0 Å². The van der Waals surface area contributed by atoms with Crippen LogP contribution in [0.25, 0.3) is 0 Å². The first-order chi connectivity index (χ1) is 12.2. The first-order valence-corrected chi connectivity index (χ1v) is 9.17. The van der Waals surface area contributed by atoms with Crippen molar-refractivity contribution in [2.24, 2.45) is 0 Å². The first kappa shape index (κ1) is 22.0. The van der Waals surface area contributed by atoms with Crippen molar-refractivity contribution >= 4 is 27.8 Å². The van der Waals surface area contributed by atoms with Gasteiger partial charge >= 0.3 is 0 Å². The van der Waals surface area contributed by atoms with Crippen LogP contribution in [0.5, 0.6) is 0 Å². The Morgan fingerprint density at radius 3 is 1.24 bits per heavy atom. The van der Waals surface area contributed by atoms with Crippen molar-refractivity contribution in [1.82, 2.24) is 15.0 Å². The maximum Gasteiger partial charge on any atom is 0.234 e. The predicted molar refractivity (Wildman–Crippen MR) is 98.5 cm³/mol. The molecule has 144 valence electrons. The lowest BCUT2D eigenvalue weighted by atomic mass is 10.7. The van der Waals surface area contributed by atoms with E-state index in [1.165, 1.54) is 0 Å². The van der Waals surface area contributed by atoms with Crippen molar-refractivity contribution in [2.75, 3.05) is 63.2 Å². The number of hydrogen-bond acceptors (Lipinski definition) is 9. The van der Waals surface area contributed by atoms with Crippen molar-refractivity contribution in [1.29, 1.82) is 0 Å². The molecule has 25 heavy (non-hydrogen) atoms. The molecule has 0 N–H and O–H groups in total. The van der Waals surface area contributed by atoms with Gasteiger partial charge in [-0.05, 0) is 43.6 Å². The summed E-state index contributed by atoms with van der Waals surface area (Å²) in [6, 6.07) is 0. The van der Waals surface area contributed by atoms with Crippen LogP contribution in [0.2, 0.25) is 0 Å². The number of ether oxygens (including phenoxy) is 4. The molecule has 0 spiro atoms. The van der Waals surface area contributed by atoms with Gasteiger partial charge in [-0.15, -0.1) is 0 Å². The Balaban J connectivity index is 3.02. The number of aromatic nitrogens is 3. The summed E-state index contributed by atoms with van der Waals surface area (Å²) in [6.45, 7) is 11.4. The highest BCUT2D eigenvalue weighted by Gasteiger charge is 2.17. The van der Waals surface area contributed by atoms with E-state index in [1.807, 2.05) is 27.7 Å². The minimum absolute atomic E-state index is 0.323. The Hall–Kier alpha value is -1.07. The summed E-state index contributed by atoms with van der Waals surface area (Å²) < 4.78 is 22.4. The SMILES string of the molecule is CCOCN(COCC)c1nc(Br)nc(N(COCC)COCC)n1. The fourth-order valence-corrected chi connectivity index (χ4v) is 2.04. The number of halogens is 1. The van der Waals surface area contributed by atoms with Gasteiger partial charge in [0.2, 0.25) is 16.6 Å². The molecule has 1 heterocycles. The number of hydrogen-bond donors (Lipinski definition) is 0. The standard InChI is InChI=1S/C15H28BrN5O4/c1-5-22-9-20(10-23-6-2)14-17-13(16)18-15(19-14)21(11-24-7-3)12-25-8-4/h5-12H2,1-4H3. The first-order valence-electron chi connectivity index (χ1n) is 8.38. The molecule has 10 heteroatoms. The molecule has 0 aliphatic rings. The molecule has 1 rings (SSSR count). The van der Waals surface area contributed by atoms with Crippen LogP contribution in [0.3, 0.4) is 0 Å². The van der Waals surface area contributed by atoms with Gasteiger partial charge in [0.05, 0.1) is 0 Å². The lowest BCUT2D eigenvalue weighted by molar-refractivity contribution is 0.0926. The molecule has 0 bridgehead atoms. The van der Waals surface area contributed by atoms with Crippen LogP contribution in [0.4, 0.5) is 11.9 Å². The van der Waals surface area contributed by atoms with Gasteiger partial charge in [0.1, 0.15) is 26.9 Å². The largest absolute Gasteiger partial charge is 0.361 e. The predicted octanol–water partition coefficient (Wildman–Crippen LogP) is 2.22. The second-order valence-electron chi connectivity index (χ2n) is 4.77. The average Bonchev–Trinajstić information content (AvgIpc) is 2.61. The minimum Gasteiger partial charge on any atom is -0.361 e. The third kappa shape index (κ3) is 8.23. The van der Waals surface area contributed by atoms with E-state index in [9.17, 15) is 0 Å². The second kappa shape index (κ2) is 13.2. The Morgan fingerprint density at radius 2 is 0.960 bits per heavy atom. The van der Waals surface area contributed by atoms with Crippen LogP contribution in [0, 0.1) is 0 Å². The zero-order valence-electron chi connectivity index (χ0n) is 15.4. The van der Waals surface area contributed by atoms with Crippen LogP contribution in [-0.2, 0) is 18.9 Å². The Labute approximate surface area is 157 Å². The highest BCUT2D eigenvalue weighted by molar-refractivity contribution is 9.10. The summed E-state index contributed by atoms with van der Waals surface area (Å²) in [6.07, 6.45) is 0. The summed E-state index contributed by atoms with van der Waals surface area (Å²) in [7, 11) is 0. The molecule has 0 atom stereocenters. The van der Waals surface area contributed by atoms with Crippen molar-refractivity contribution in [3.8, 4) is 0 Å². The molecule has 0 aromatic carbocycles. The highest BCUT2D eigenvalue weighted by Crippen LogP contribution is 2.17. The molecule has 0 fully saturated rings. The normalized spacial score (nSPS) is 10.9. The molecule has 1 aromatic heterocycles. The van der Waals surface area contributed by atoms with E-state index < -0.39 is 0 Å². The number of anilines is 2. The molecule has 0 unspecified atom stereocenters. The highest BCUT2D eigenvalue weighted by atomic mass is 79.9. The van der Waals surface area contributed by atoms with Crippen LogP contribution in [0.1, 0.15) is 27.7 Å². The average molecular weight is 422 g/mol. The maximum absolute atomic E-state index is 5.48. The summed E-state index contributed by atoms with van der Waals surface area (Å²) in [5.74, 6) is 0.911. The van der Waals surface area contributed by atoms with Crippen LogP contribution >= 0.6 is 15.9 Å². The van der Waals surface area contributed by atoms with Gasteiger partial charge in [-0.1, -0.05) is 0 Å². The Bertz CT molecular complexity index is 429. The molecular weight excluding hydrogens is 394 g/mol. The topological polar surface area (TPSA) is 82.1 Å². The van der Waals surface area contributed by atoms with Crippen LogP contribution in [0.15, 0.2) is 4.73 Å². The minimum atomic E-state index is 0.323. The van der Waals surface area contributed by atoms with Gasteiger partial charge in [-0.2, -0.15) is 15.0 Å². The van der Waals surface area contributed by atoms with Gasteiger partial charge in [0, 0.05) is 26.4 Å². The maximum atomic E-state index is 5.48. The molecule has 0 saturated heterocycles. The van der Waals surface area contributed by atoms with E-state index in [-0.39, 0.29) is 0 Å². The molecule has 9 nitrogen and oxygen atoms in total. The van der Waals surface area contributed by atoms with Crippen molar-refractivity contribution in [3.05, 3.63) is 4.73 Å². The number of rotatable bonds is 14. The van der Waals surface area contributed by atoms with Gasteiger partial charge < -0.3 is 18.9 Å². The third-order valence-electron chi connectivity index (χ3n) is 2.96. The van der Waals surface area contributed by atoms with E-state index >= 15 is 0 Å². The van der Waals surface area contributed by atoms with Crippen molar-refractivity contribution in [2.45, 2.75) is 27.7 Å². The summed E-state index contributed by atoms with van der Waals surface area (Å²) in [4.78, 5) is 16.8. The summed E-state index contributed by atoms with van der Waals surface area (Å²) in [5.41, 5.74) is 0. The van der Waals surface area contributed by atoms with E-state index in [0.717, 1.165) is 0 Å². The second-order valence-corrected chi connectivity index (χ2v) is 5.48. The van der Waals surface area contributed by atoms with Crippen LogP contribution < -0.4 is 9.80 Å². The van der Waals surface area contributed by atoms with Gasteiger partial charge in [-0.25, -0.2) is 0 Å². The summed E-state index contributed by atoms with van der Waals surface area (Å²) in [5, 5.41) is 0. The van der Waals surface area contributed by atoms with Crippen molar-refractivity contribution < 1.29 is 18.9 Å². The fraction of sp³-hybridized carbons (Fsp3) is 0.800. The molecule has 0 aliphatic carbocycles. The third-order valence-corrected chi connectivity index (χ3v) is 3.31. The number of nitrogens with zero attached hydrogens (tertiary/aromatic N) is 5. The van der Waals surface area contributed by atoms with Gasteiger partial charge in [0.15, 0.2) is 0 Å². The molecule has 0 aliphatic heterocycles. The quantitative estimate of drug-likeness (QED) is 0.419. The van der Waals surface area contributed by atoms with E-state index in [4.69, 9.17) is 18.9 Å². The van der Waals surface area contributed by atoms with Crippen LogP contribution in [-0.4, -0.2) is 68.3 Å². The van der Waals surface area contributed by atoms with Gasteiger partial charge in [-0.3, -0.25) is 9.80 Å². The molecule has 0 amide bonds. The zero-order valence-corrected chi connectivity index (χ0v) is 17.0. The monoisotopic (exact) mass is 421 g/mol. The molecule has 1 aromatic rings. The van der Waals surface area contributed by atoms with Gasteiger partial charge in [0.25, 0.3) is 0 Å². The molecule has 0 saturated carbocycles.